The van der Waals surface area contributed by atoms with Gasteiger partial charge in [0.1, 0.15) is 0 Å². The Hall–Kier alpha value is -1.67. The lowest BCUT2D eigenvalue weighted by Crippen LogP contribution is -2.60. The van der Waals surface area contributed by atoms with Crippen molar-refractivity contribution in [1.29, 1.82) is 0 Å². The molecule has 1 fully saturated rings. The maximum Gasteiger partial charge on any atom is 0.306 e. The molecule has 0 radical (unpaired) electrons. The summed E-state index contributed by atoms with van der Waals surface area (Å²) in [6, 6.07) is 0. The van der Waals surface area contributed by atoms with E-state index in [1.54, 1.807) is 27.7 Å². The molecule has 8 heteroatoms. The van der Waals surface area contributed by atoms with Gasteiger partial charge in [-0.05, 0) is 6.92 Å². The molecule has 0 aromatic carbocycles. The van der Waals surface area contributed by atoms with E-state index in [0.29, 0.717) is 0 Å². The Morgan fingerprint density at radius 3 is 1.65 bits per heavy atom. The van der Waals surface area contributed by atoms with E-state index in [1.807, 2.05) is 0 Å². The van der Waals surface area contributed by atoms with Crippen molar-refractivity contribution < 1.29 is 38.4 Å². The first-order valence-corrected chi connectivity index (χ1v) is 7.75. The van der Waals surface area contributed by atoms with E-state index < -0.39 is 48.6 Å². The van der Waals surface area contributed by atoms with Crippen LogP contribution in [0.1, 0.15) is 47.0 Å². The number of aliphatic hydroxyl groups excluding tert-OH is 1. The highest BCUT2D eigenvalue weighted by atomic mass is 16.7. The van der Waals surface area contributed by atoms with Gasteiger partial charge >= 0.3 is 17.9 Å². The van der Waals surface area contributed by atoms with E-state index in [1.165, 1.54) is 0 Å². The zero-order valence-electron chi connectivity index (χ0n) is 13.8. The van der Waals surface area contributed by atoms with Crippen molar-refractivity contribution in [2.75, 3.05) is 0 Å². The molecule has 1 unspecified atom stereocenters. The van der Waals surface area contributed by atoms with E-state index in [0.717, 1.165) is 0 Å². The fraction of sp³-hybridized carbons (Fsp3) is 0.800. The Balaban J connectivity index is 3.04. The minimum atomic E-state index is -1.48. The van der Waals surface area contributed by atoms with Crippen LogP contribution in [0.25, 0.3) is 0 Å². The van der Waals surface area contributed by atoms with Crippen molar-refractivity contribution in [3.63, 3.8) is 0 Å². The number of esters is 3. The van der Waals surface area contributed by atoms with Crippen LogP contribution >= 0.6 is 0 Å². The van der Waals surface area contributed by atoms with Gasteiger partial charge in [-0.25, -0.2) is 0 Å². The second kappa shape index (κ2) is 8.83. The SMILES string of the molecule is CCC(=O)O[C@@H]1[C@@H](OC(=O)CC)[C@H](OC(=O)CC)C(O)O[C@H]1C. The van der Waals surface area contributed by atoms with Crippen molar-refractivity contribution in [1.82, 2.24) is 0 Å². The Morgan fingerprint density at radius 1 is 0.826 bits per heavy atom. The van der Waals surface area contributed by atoms with Crippen molar-refractivity contribution in [3.8, 4) is 0 Å². The molecular formula is C15H24O8. The lowest BCUT2D eigenvalue weighted by atomic mass is 9.99. The van der Waals surface area contributed by atoms with Gasteiger partial charge in [0.05, 0.1) is 6.10 Å². The summed E-state index contributed by atoms with van der Waals surface area (Å²) >= 11 is 0. The average molecular weight is 332 g/mol. The normalized spacial score (nSPS) is 30.4. The summed E-state index contributed by atoms with van der Waals surface area (Å²) < 4.78 is 20.9. The summed E-state index contributed by atoms with van der Waals surface area (Å²) in [6.45, 7) is 6.37. The molecule has 1 N–H and O–H groups in total. The molecule has 0 spiro atoms. The molecular weight excluding hydrogens is 308 g/mol. The predicted octanol–water partition coefficient (Wildman–Crippen LogP) is 0.689. The number of aliphatic hydroxyl groups is 1. The zero-order chi connectivity index (χ0) is 17.6. The zero-order valence-corrected chi connectivity index (χ0v) is 13.8. The highest BCUT2D eigenvalue weighted by Gasteiger charge is 2.50. The van der Waals surface area contributed by atoms with Crippen LogP contribution < -0.4 is 0 Å². The van der Waals surface area contributed by atoms with E-state index in [4.69, 9.17) is 18.9 Å². The second-order valence-electron chi connectivity index (χ2n) is 5.16. The number of rotatable bonds is 6. The van der Waals surface area contributed by atoms with Crippen molar-refractivity contribution in [2.45, 2.75) is 77.7 Å². The van der Waals surface area contributed by atoms with Crippen LogP contribution in [0.15, 0.2) is 0 Å². The van der Waals surface area contributed by atoms with Gasteiger partial charge in [-0.3, -0.25) is 14.4 Å². The number of hydrogen-bond donors (Lipinski definition) is 1. The van der Waals surface area contributed by atoms with Crippen LogP contribution in [0.4, 0.5) is 0 Å². The maximum atomic E-state index is 11.7. The standard InChI is InChI=1S/C15H24O8/c1-5-9(16)21-12-8(4)20-15(19)14(23-11(18)7-3)13(12)22-10(17)6-2/h8,12-15,19H,5-7H2,1-4H3/t8-,12-,13+,14-,15?/m0/s1. The van der Waals surface area contributed by atoms with Gasteiger partial charge in [0.2, 0.25) is 0 Å². The van der Waals surface area contributed by atoms with Crippen LogP contribution in [0.5, 0.6) is 0 Å². The third kappa shape index (κ3) is 5.18. The highest BCUT2D eigenvalue weighted by Crippen LogP contribution is 2.28. The van der Waals surface area contributed by atoms with E-state index in [2.05, 4.69) is 0 Å². The maximum absolute atomic E-state index is 11.7. The lowest BCUT2D eigenvalue weighted by molar-refractivity contribution is -0.289. The summed E-state index contributed by atoms with van der Waals surface area (Å²) in [5.41, 5.74) is 0. The molecule has 0 aromatic heterocycles. The largest absolute Gasteiger partial charge is 0.455 e. The minimum Gasteiger partial charge on any atom is -0.455 e. The quantitative estimate of drug-likeness (QED) is 0.559. The van der Waals surface area contributed by atoms with Crippen LogP contribution in [-0.4, -0.2) is 53.7 Å². The molecule has 1 rings (SSSR count). The van der Waals surface area contributed by atoms with Gasteiger partial charge in [0.15, 0.2) is 24.6 Å². The third-order valence-corrected chi connectivity index (χ3v) is 3.41. The summed E-state index contributed by atoms with van der Waals surface area (Å²) in [6.07, 6.45) is -5.29. The highest BCUT2D eigenvalue weighted by molar-refractivity contribution is 5.71. The molecule has 0 aliphatic carbocycles. The topological polar surface area (TPSA) is 108 Å². The molecule has 23 heavy (non-hydrogen) atoms. The lowest BCUT2D eigenvalue weighted by Gasteiger charge is -2.42. The molecule has 0 aromatic rings. The fourth-order valence-corrected chi connectivity index (χ4v) is 2.12. The first kappa shape index (κ1) is 19.4. The third-order valence-electron chi connectivity index (χ3n) is 3.41. The van der Waals surface area contributed by atoms with Crippen LogP contribution in [0, 0.1) is 0 Å². The van der Waals surface area contributed by atoms with Gasteiger partial charge in [-0.2, -0.15) is 0 Å². The molecule has 1 aliphatic heterocycles. The Kier molecular flexibility index (Phi) is 7.44. The van der Waals surface area contributed by atoms with Gasteiger partial charge in [-0.15, -0.1) is 0 Å². The van der Waals surface area contributed by atoms with Crippen molar-refractivity contribution >= 4 is 17.9 Å². The van der Waals surface area contributed by atoms with Gasteiger partial charge < -0.3 is 24.1 Å². The molecule has 5 atom stereocenters. The smallest absolute Gasteiger partial charge is 0.306 e. The van der Waals surface area contributed by atoms with Crippen LogP contribution in [-0.2, 0) is 33.3 Å². The first-order chi connectivity index (χ1) is 10.8. The monoisotopic (exact) mass is 332 g/mol. The molecule has 1 saturated heterocycles. The Bertz CT molecular complexity index is 405. The van der Waals surface area contributed by atoms with Gasteiger partial charge in [0.25, 0.3) is 0 Å². The second-order valence-corrected chi connectivity index (χ2v) is 5.16. The predicted molar refractivity (Wildman–Crippen MR) is 77.1 cm³/mol. The Morgan fingerprint density at radius 2 is 1.22 bits per heavy atom. The fourth-order valence-electron chi connectivity index (χ4n) is 2.12. The molecule has 132 valence electrons. The molecule has 1 aliphatic rings. The summed E-state index contributed by atoms with van der Waals surface area (Å²) in [7, 11) is 0. The molecule has 8 nitrogen and oxygen atoms in total. The van der Waals surface area contributed by atoms with Crippen LogP contribution in [0.2, 0.25) is 0 Å². The first-order valence-electron chi connectivity index (χ1n) is 7.75. The van der Waals surface area contributed by atoms with Gasteiger partial charge in [-0.1, -0.05) is 20.8 Å². The van der Waals surface area contributed by atoms with Crippen molar-refractivity contribution in [3.05, 3.63) is 0 Å². The van der Waals surface area contributed by atoms with E-state index in [9.17, 15) is 19.5 Å². The van der Waals surface area contributed by atoms with E-state index in [-0.39, 0.29) is 19.3 Å². The summed E-state index contributed by atoms with van der Waals surface area (Å²) in [5.74, 6) is -1.67. The average Bonchev–Trinajstić information content (AvgIpc) is 2.53. The number of carbonyl (C=O) groups excluding carboxylic acids is 3. The van der Waals surface area contributed by atoms with Crippen LogP contribution in [0.3, 0.4) is 0 Å². The minimum absolute atomic E-state index is 0.0760. The molecule has 0 bridgehead atoms. The Labute approximate surface area is 135 Å². The number of ether oxygens (including phenoxy) is 4. The number of hydrogen-bond acceptors (Lipinski definition) is 8. The molecule has 0 amide bonds. The number of carbonyl (C=O) groups is 3. The summed E-state index contributed by atoms with van der Waals surface area (Å²) in [4.78, 5) is 34.8. The molecule has 0 saturated carbocycles. The van der Waals surface area contributed by atoms with Gasteiger partial charge in [0, 0.05) is 19.3 Å². The summed E-state index contributed by atoms with van der Waals surface area (Å²) in [5, 5.41) is 10.0. The molecule has 1 heterocycles. The van der Waals surface area contributed by atoms with E-state index >= 15 is 0 Å². The van der Waals surface area contributed by atoms with Crippen molar-refractivity contribution in [2.24, 2.45) is 0 Å².